The van der Waals surface area contributed by atoms with Crippen molar-refractivity contribution in [2.75, 3.05) is 32.6 Å². The first kappa shape index (κ1) is 24.5. The quantitative estimate of drug-likeness (QED) is 0.482. The lowest BCUT2D eigenvalue weighted by molar-refractivity contribution is -0.120. The van der Waals surface area contributed by atoms with Crippen molar-refractivity contribution in [2.24, 2.45) is 5.92 Å². The minimum atomic E-state index is -3.81. The smallest absolute Gasteiger partial charge is 0.348 e. The Morgan fingerprint density at radius 2 is 1.94 bits per heavy atom. The summed E-state index contributed by atoms with van der Waals surface area (Å²) >= 11 is 7.43. The molecule has 0 saturated carbocycles. The number of nitrogens with zero attached hydrogens (tertiary/aromatic N) is 1. The number of rotatable bonds is 6. The molecule has 1 aliphatic heterocycles. The van der Waals surface area contributed by atoms with Crippen LogP contribution in [0.15, 0.2) is 47.4 Å². The molecule has 4 rings (SSSR count). The fraction of sp³-hybridized carbons (Fsp3) is 0.304. The summed E-state index contributed by atoms with van der Waals surface area (Å²) in [5.74, 6) is -0.775. The molecule has 3 aromatic rings. The van der Waals surface area contributed by atoms with Gasteiger partial charge in [-0.25, -0.2) is 13.2 Å². The van der Waals surface area contributed by atoms with Crippen LogP contribution in [0.1, 0.15) is 22.5 Å². The van der Waals surface area contributed by atoms with E-state index in [1.165, 1.54) is 48.1 Å². The average Bonchev–Trinajstić information content (AvgIpc) is 3.27. The highest BCUT2D eigenvalue weighted by molar-refractivity contribution is 7.89. The standard InChI is InChI=1S/C23H23ClN2O6S2/c1-31-19-7-6-17(12-18(19)24)34(29,30)26-9-3-4-14(13-26)22(27)25-16-5-8-20-15(10-16)11-21(33-20)23(28)32-2/h5-8,10-12,14H,3-4,9,13H2,1-2H3,(H,25,27)/t14-/m0/s1. The van der Waals surface area contributed by atoms with Gasteiger partial charge in [0.15, 0.2) is 0 Å². The lowest BCUT2D eigenvalue weighted by atomic mass is 9.98. The molecular formula is C23H23ClN2O6S2. The van der Waals surface area contributed by atoms with Crippen molar-refractivity contribution < 1.29 is 27.5 Å². The largest absolute Gasteiger partial charge is 0.495 e. The van der Waals surface area contributed by atoms with Gasteiger partial charge in [0.05, 0.1) is 30.1 Å². The van der Waals surface area contributed by atoms with E-state index >= 15 is 0 Å². The number of esters is 1. The van der Waals surface area contributed by atoms with Crippen LogP contribution < -0.4 is 10.1 Å². The summed E-state index contributed by atoms with van der Waals surface area (Å²) in [6.45, 7) is 0.401. The summed E-state index contributed by atoms with van der Waals surface area (Å²) < 4.78 is 38.4. The van der Waals surface area contributed by atoms with Crippen LogP contribution in [0.25, 0.3) is 10.1 Å². The first-order chi connectivity index (χ1) is 16.2. The Morgan fingerprint density at radius 1 is 1.15 bits per heavy atom. The zero-order valence-corrected chi connectivity index (χ0v) is 20.9. The van der Waals surface area contributed by atoms with E-state index in [2.05, 4.69) is 5.32 Å². The highest BCUT2D eigenvalue weighted by Crippen LogP contribution is 2.31. The molecule has 1 atom stereocenters. The molecule has 0 spiro atoms. The molecule has 1 saturated heterocycles. The molecule has 1 aromatic heterocycles. The number of anilines is 1. The number of halogens is 1. The highest BCUT2D eigenvalue weighted by Gasteiger charge is 2.33. The number of carbonyl (C=O) groups excluding carboxylic acids is 2. The van der Waals surface area contributed by atoms with E-state index in [0.717, 1.165) is 10.1 Å². The van der Waals surface area contributed by atoms with E-state index in [1.54, 1.807) is 18.2 Å². The summed E-state index contributed by atoms with van der Waals surface area (Å²) in [6, 6.07) is 11.4. The fourth-order valence-electron chi connectivity index (χ4n) is 3.90. The number of methoxy groups -OCH3 is 2. The van der Waals surface area contributed by atoms with Crippen molar-refractivity contribution in [3.05, 3.63) is 52.4 Å². The van der Waals surface area contributed by atoms with Crippen LogP contribution >= 0.6 is 22.9 Å². The van der Waals surface area contributed by atoms with Gasteiger partial charge in [-0.1, -0.05) is 11.6 Å². The summed E-state index contributed by atoms with van der Waals surface area (Å²) in [4.78, 5) is 25.3. The molecule has 0 aliphatic carbocycles. The van der Waals surface area contributed by atoms with Crippen LogP contribution in [0, 0.1) is 5.92 Å². The number of nitrogens with one attached hydrogen (secondary N) is 1. The highest BCUT2D eigenvalue weighted by atomic mass is 35.5. The number of ether oxygens (including phenoxy) is 2. The molecule has 34 heavy (non-hydrogen) atoms. The number of benzene rings is 2. The van der Waals surface area contributed by atoms with Gasteiger partial charge in [-0.15, -0.1) is 11.3 Å². The minimum Gasteiger partial charge on any atom is -0.495 e. The van der Waals surface area contributed by atoms with Crippen molar-refractivity contribution in [3.63, 3.8) is 0 Å². The zero-order valence-electron chi connectivity index (χ0n) is 18.5. The molecule has 0 unspecified atom stereocenters. The van der Waals surface area contributed by atoms with E-state index in [-0.39, 0.29) is 22.4 Å². The van der Waals surface area contributed by atoms with Crippen LogP contribution in [0.3, 0.4) is 0 Å². The molecule has 1 N–H and O–H groups in total. The van der Waals surface area contributed by atoms with E-state index in [4.69, 9.17) is 21.1 Å². The Balaban J connectivity index is 1.48. The first-order valence-corrected chi connectivity index (χ1v) is 13.1. The number of sulfonamides is 1. The lowest BCUT2D eigenvalue weighted by Crippen LogP contribution is -2.43. The number of carbonyl (C=O) groups is 2. The van der Waals surface area contributed by atoms with Gasteiger partial charge in [0, 0.05) is 23.5 Å². The van der Waals surface area contributed by atoms with E-state index in [0.29, 0.717) is 35.7 Å². The second-order valence-electron chi connectivity index (χ2n) is 7.84. The number of amides is 1. The maximum Gasteiger partial charge on any atom is 0.348 e. The molecule has 2 heterocycles. The van der Waals surface area contributed by atoms with Crippen molar-refractivity contribution in [2.45, 2.75) is 17.7 Å². The van der Waals surface area contributed by atoms with E-state index in [9.17, 15) is 18.0 Å². The van der Waals surface area contributed by atoms with Crippen LogP contribution in [-0.4, -0.2) is 51.9 Å². The molecule has 11 heteroatoms. The number of hydrogen-bond acceptors (Lipinski definition) is 7. The maximum atomic E-state index is 13.2. The number of thiophene rings is 1. The molecular weight excluding hydrogens is 500 g/mol. The molecule has 2 aromatic carbocycles. The van der Waals surface area contributed by atoms with Crippen LogP contribution in [0.4, 0.5) is 5.69 Å². The second-order valence-corrected chi connectivity index (χ2v) is 11.3. The predicted octanol–water partition coefficient (Wildman–Crippen LogP) is 4.39. The Bertz CT molecular complexity index is 1350. The monoisotopic (exact) mass is 522 g/mol. The summed E-state index contributed by atoms with van der Waals surface area (Å²) in [6.07, 6.45) is 1.14. The Labute approximate surface area is 206 Å². The van der Waals surface area contributed by atoms with Gasteiger partial charge in [-0.3, -0.25) is 4.79 Å². The third-order valence-corrected chi connectivity index (χ3v) is 8.94. The number of fused-ring (bicyclic) bond motifs is 1. The van der Waals surface area contributed by atoms with Crippen molar-refractivity contribution in [1.82, 2.24) is 4.31 Å². The second kappa shape index (κ2) is 9.91. The fourth-order valence-corrected chi connectivity index (χ4v) is 6.73. The van der Waals surface area contributed by atoms with Crippen LogP contribution in [0.2, 0.25) is 5.02 Å². The van der Waals surface area contributed by atoms with Gasteiger partial charge >= 0.3 is 5.97 Å². The van der Waals surface area contributed by atoms with E-state index in [1.807, 2.05) is 6.07 Å². The van der Waals surface area contributed by atoms with E-state index < -0.39 is 21.9 Å². The summed E-state index contributed by atoms with van der Waals surface area (Å²) in [5, 5.41) is 3.90. The minimum absolute atomic E-state index is 0.0590. The predicted molar refractivity (Wildman–Crippen MR) is 131 cm³/mol. The normalized spacial score (nSPS) is 16.9. The molecule has 1 amide bonds. The van der Waals surface area contributed by atoms with Gasteiger partial charge in [-0.05, 0) is 60.7 Å². The Kier molecular flexibility index (Phi) is 7.13. The van der Waals surface area contributed by atoms with Crippen molar-refractivity contribution in [1.29, 1.82) is 0 Å². The van der Waals surface area contributed by atoms with Gasteiger partial charge in [0.1, 0.15) is 10.6 Å². The van der Waals surface area contributed by atoms with Crippen LogP contribution in [0.5, 0.6) is 5.75 Å². The summed E-state index contributed by atoms with van der Waals surface area (Å²) in [5.41, 5.74) is 0.577. The van der Waals surface area contributed by atoms with Gasteiger partial charge in [-0.2, -0.15) is 4.31 Å². The third kappa shape index (κ3) is 4.90. The molecule has 0 bridgehead atoms. The Morgan fingerprint density at radius 3 is 2.65 bits per heavy atom. The average molecular weight is 523 g/mol. The molecule has 0 radical (unpaired) electrons. The number of piperidine rings is 1. The number of hydrogen-bond donors (Lipinski definition) is 1. The van der Waals surface area contributed by atoms with Crippen molar-refractivity contribution in [3.8, 4) is 5.75 Å². The van der Waals surface area contributed by atoms with Crippen LogP contribution in [-0.2, 0) is 19.6 Å². The molecule has 8 nitrogen and oxygen atoms in total. The maximum absolute atomic E-state index is 13.2. The lowest BCUT2D eigenvalue weighted by Gasteiger charge is -2.31. The van der Waals surface area contributed by atoms with Gasteiger partial charge in [0.25, 0.3) is 0 Å². The topological polar surface area (TPSA) is 102 Å². The molecule has 1 fully saturated rings. The third-order valence-electron chi connectivity index (χ3n) is 5.69. The first-order valence-electron chi connectivity index (χ1n) is 10.5. The van der Waals surface area contributed by atoms with Crippen molar-refractivity contribution >= 4 is 60.6 Å². The van der Waals surface area contributed by atoms with Gasteiger partial charge < -0.3 is 14.8 Å². The zero-order chi connectivity index (χ0) is 24.5. The SMILES string of the molecule is COC(=O)c1cc2cc(NC(=O)[C@H]3CCCN(S(=O)(=O)c4ccc(OC)c(Cl)c4)C3)ccc2s1. The molecule has 180 valence electrons. The van der Waals surface area contributed by atoms with Gasteiger partial charge in [0.2, 0.25) is 15.9 Å². The Hall–Kier alpha value is -2.66. The molecule has 1 aliphatic rings. The summed E-state index contributed by atoms with van der Waals surface area (Å²) in [7, 11) is -1.03.